The van der Waals surface area contributed by atoms with Crippen LogP contribution in [0, 0.1) is 12.7 Å². The highest BCUT2D eigenvalue weighted by atomic mass is 79.9. The van der Waals surface area contributed by atoms with Gasteiger partial charge in [0.15, 0.2) is 0 Å². The van der Waals surface area contributed by atoms with Crippen molar-refractivity contribution in [3.8, 4) is 0 Å². The standard InChI is InChI=1S/C22H26BrFN4O3/c1-12(2)19-20(13(3)5-6-25-19)26-18-10-16(23)17(24)9-15(18)21(29)28-8-7-27(22(30)31)11-14(28)4/h5-6,9-10,12,14,26H,7-8,11H2,1-4H3,(H,30,31). The van der Waals surface area contributed by atoms with Gasteiger partial charge < -0.3 is 20.2 Å². The van der Waals surface area contributed by atoms with E-state index >= 15 is 0 Å². The number of carbonyl (C=O) groups excluding carboxylic acids is 1. The summed E-state index contributed by atoms with van der Waals surface area (Å²) in [6.45, 7) is 8.47. The number of nitrogens with zero attached hydrogens (tertiary/aromatic N) is 3. The summed E-state index contributed by atoms with van der Waals surface area (Å²) < 4.78 is 14.7. The maximum absolute atomic E-state index is 14.4. The van der Waals surface area contributed by atoms with Gasteiger partial charge in [-0.3, -0.25) is 9.78 Å². The van der Waals surface area contributed by atoms with Crippen LogP contribution in [0.5, 0.6) is 0 Å². The van der Waals surface area contributed by atoms with Crippen LogP contribution in [0.2, 0.25) is 0 Å². The lowest BCUT2D eigenvalue weighted by molar-refractivity contribution is 0.0484. The molecular formula is C22H26BrFN4O3. The lowest BCUT2D eigenvalue weighted by Gasteiger charge is -2.39. The number of anilines is 2. The Labute approximate surface area is 189 Å². The highest BCUT2D eigenvalue weighted by Gasteiger charge is 2.32. The summed E-state index contributed by atoms with van der Waals surface area (Å²) in [5.41, 5.74) is 3.25. The van der Waals surface area contributed by atoms with Gasteiger partial charge in [0.05, 0.1) is 27.1 Å². The minimum atomic E-state index is -1.01. The van der Waals surface area contributed by atoms with E-state index in [1.54, 1.807) is 24.1 Å². The zero-order valence-corrected chi connectivity index (χ0v) is 19.5. The molecule has 0 radical (unpaired) electrons. The third-order valence-corrected chi connectivity index (χ3v) is 6.05. The largest absolute Gasteiger partial charge is 0.465 e. The first-order valence-corrected chi connectivity index (χ1v) is 10.9. The number of nitrogens with one attached hydrogen (secondary N) is 1. The maximum atomic E-state index is 14.4. The van der Waals surface area contributed by atoms with Crippen LogP contribution in [0.4, 0.5) is 20.6 Å². The summed E-state index contributed by atoms with van der Waals surface area (Å²) in [7, 11) is 0. The Balaban J connectivity index is 1.99. The molecule has 1 saturated heterocycles. The van der Waals surface area contributed by atoms with Crippen molar-refractivity contribution in [3.63, 3.8) is 0 Å². The molecule has 2 aromatic rings. The van der Waals surface area contributed by atoms with Crippen LogP contribution in [0.3, 0.4) is 0 Å². The summed E-state index contributed by atoms with van der Waals surface area (Å²) in [6.07, 6.45) is 0.732. The predicted octanol–water partition coefficient (Wildman–Crippen LogP) is 4.98. The van der Waals surface area contributed by atoms with Crippen molar-refractivity contribution in [1.29, 1.82) is 0 Å². The smallest absolute Gasteiger partial charge is 0.407 e. The summed E-state index contributed by atoms with van der Waals surface area (Å²) >= 11 is 3.21. The van der Waals surface area contributed by atoms with Crippen LogP contribution in [-0.2, 0) is 0 Å². The molecule has 0 bridgehead atoms. The Bertz CT molecular complexity index is 1010. The van der Waals surface area contributed by atoms with Crippen molar-refractivity contribution in [2.24, 2.45) is 0 Å². The number of carboxylic acid groups (broad SMARTS) is 1. The second kappa shape index (κ2) is 9.21. The fourth-order valence-corrected chi connectivity index (χ4v) is 4.07. The van der Waals surface area contributed by atoms with E-state index in [-0.39, 0.29) is 47.5 Å². The molecule has 3 rings (SSSR count). The van der Waals surface area contributed by atoms with E-state index in [0.29, 0.717) is 5.69 Å². The monoisotopic (exact) mass is 492 g/mol. The number of hydrogen-bond donors (Lipinski definition) is 2. The molecule has 0 aliphatic carbocycles. The molecule has 2 heterocycles. The first kappa shape index (κ1) is 23.0. The fourth-order valence-electron chi connectivity index (χ4n) is 3.73. The summed E-state index contributed by atoms with van der Waals surface area (Å²) in [5.74, 6) is -0.744. The summed E-state index contributed by atoms with van der Waals surface area (Å²) in [4.78, 5) is 32.0. The number of halogens is 2. The Morgan fingerprint density at radius 2 is 2.03 bits per heavy atom. The molecule has 1 aliphatic rings. The van der Waals surface area contributed by atoms with Gasteiger partial charge >= 0.3 is 6.09 Å². The molecule has 1 unspecified atom stereocenters. The predicted molar refractivity (Wildman–Crippen MR) is 121 cm³/mol. The molecule has 1 atom stereocenters. The SMILES string of the molecule is Cc1ccnc(C(C)C)c1Nc1cc(Br)c(F)cc1C(=O)N1CCN(C(=O)O)CC1C. The minimum Gasteiger partial charge on any atom is -0.465 e. The van der Waals surface area contributed by atoms with Crippen molar-refractivity contribution in [1.82, 2.24) is 14.8 Å². The number of aromatic nitrogens is 1. The third kappa shape index (κ3) is 4.81. The van der Waals surface area contributed by atoms with Crippen molar-refractivity contribution in [2.75, 3.05) is 25.0 Å². The van der Waals surface area contributed by atoms with Gasteiger partial charge in [-0.05, 0) is 59.5 Å². The Morgan fingerprint density at radius 1 is 1.32 bits per heavy atom. The number of pyridine rings is 1. The molecular weight excluding hydrogens is 467 g/mol. The van der Waals surface area contributed by atoms with Crippen molar-refractivity contribution < 1.29 is 19.1 Å². The van der Waals surface area contributed by atoms with E-state index in [1.807, 2.05) is 26.8 Å². The van der Waals surface area contributed by atoms with Gasteiger partial charge in [0.1, 0.15) is 5.82 Å². The molecule has 166 valence electrons. The highest BCUT2D eigenvalue weighted by molar-refractivity contribution is 9.10. The van der Waals surface area contributed by atoms with Gasteiger partial charge in [-0.2, -0.15) is 0 Å². The van der Waals surface area contributed by atoms with Crippen LogP contribution in [0.25, 0.3) is 0 Å². The van der Waals surface area contributed by atoms with Gasteiger partial charge in [-0.25, -0.2) is 9.18 Å². The number of aryl methyl sites for hydroxylation is 1. The Morgan fingerprint density at radius 3 is 2.65 bits per heavy atom. The minimum absolute atomic E-state index is 0.148. The van der Waals surface area contributed by atoms with E-state index in [4.69, 9.17) is 0 Å². The first-order chi connectivity index (χ1) is 14.6. The second-order valence-corrected chi connectivity index (χ2v) is 8.91. The molecule has 9 heteroatoms. The summed E-state index contributed by atoms with van der Waals surface area (Å²) in [6, 6.07) is 4.31. The molecule has 7 nitrogen and oxygen atoms in total. The van der Waals surface area contributed by atoms with E-state index < -0.39 is 11.9 Å². The molecule has 2 N–H and O–H groups in total. The van der Waals surface area contributed by atoms with E-state index in [2.05, 4.69) is 26.2 Å². The Hall–Kier alpha value is -2.68. The quantitative estimate of drug-likeness (QED) is 0.628. The van der Waals surface area contributed by atoms with Crippen molar-refractivity contribution in [3.05, 3.63) is 51.5 Å². The average Bonchev–Trinajstić information content (AvgIpc) is 2.71. The molecule has 1 aromatic carbocycles. The summed E-state index contributed by atoms with van der Waals surface area (Å²) in [5, 5.41) is 12.5. The zero-order valence-electron chi connectivity index (χ0n) is 17.9. The first-order valence-electron chi connectivity index (χ1n) is 10.1. The van der Waals surface area contributed by atoms with E-state index in [1.165, 1.54) is 11.0 Å². The molecule has 1 aromatic heterocycles. The van der Waals surface area contributed by atoms with Crippen molar-refractivity contribution >= 4 is 39.3 Å². The Kier molecular flexibility index (Phi) is 6.83. The van der Waals surface area contributed by atoms with Crippen LogP contribution in [-0.4, -0.2) is 57.6 Å². The van der Waals surface area contributed by atoms with Crippen LogP contribution < -0.4 is 5.32 Å². The molecule has 31 heavy (non-hydrogen) atoms. The molecule has 2 amide bonds. The van der Waals surface area contributed by atoms with Gasteiger partial charge in [-0.15, -0.1) is 0 Å². The average molecular weight is 493 g/mol. The van der Waals surface area contributed by atoms with Gasteiger partial charge in [0.2, 0.25) is 0 Å². The number of benzene rings is 1. The lowest BCUT2D eigenvalue weighted by atomic mass is 10.0. The molecule has 1 fully saturated rings. The van der Waals surface area contributed by atoms with Gasteiger partial charge in [-0.1, -0.05) is 13.8 Å². The number of carbonyl (C=O) groups is 2. The molecule has 1 aliphatic heterocycles. The highest BCUT2D eigenvalue weighted by Crippen LogP contribution is 2.33. The normalized spacial score (nSPS) is 16.5. The van der Waals surface area contributed by atoms with E-state index in [9.17, 15) is 19.1 Å². The lowest BCUT2D eigenvalue weighted by Crippen LogP contribution is -2.55. The van der Waals surface area contributed by atoms with Crippen LogP contribution in [0.1, 0.15) is 48.3 Å². The van der Waals surface area contributed by atoms with Crippen LogP contribution in [0.15, 0.2) is 28.9 Å². The number of rotatable bonds is 4. The fraction of sp³-hybridized carbons (Fsp3) is 0.409. The van der Waals surface area contributed by atoms with E-state index in [0.717, 1.165) is 16.9 Å². The topological polar surface area (TPSA) is 85.8 Å². The zero-order chi connectivity index (χ0) is 22.9. The van der Waals surface area contributed by atoms with Crippen LogP contribution >= 0.6 is 15.9 Å². The van der Waals surface area contributed by atoms with Gasteiger partial charge in [0, 0.05) is 31.9 Å². The van der Waals surface area contributed by atoms with Gasteiger partial charge in [0.25, 0.3) is 5.91 Å². The third-order valence-electron chi connectivity index (χ3n) is 5.44. The number of piperazine rings is 1. The molecule has 0 spiro atoms. The second-order valence-electron chi connectivity index (χ2n) is 8.06. The molecule has 0 saturated carbocycles. The van der Waals surface area contributed by atoms with Crippen molar-refractivity contribution in [2.45, 2.75) is 39.7 Å². The number of hydrogen-bond acceptors (Lipinski definition) is 4. The number of amides is 2. The maximum Gasteiger partial charge on any atom is 0.407 e.